The summed E-state index contributed by atoms with van der Waals surface area (Å²) in [5.41, 5.74) is 1.67. The van der Waals surface area contributed by atoms with Gasteiger partial charge in [0.25, 0.3) is 0 Å². The Morgan fingerprint density at radius 2 is 1.71 bits per heavy atom. The summed E-state index contributed by atoms with van der Waals surface area (Å²) < 4.78 is 1.13. The van der Waals surface area contributed by atoms with Crippen molar-refractivity contribution in [1.29, 1.82) is 0 Å². The Labute approximate surface area is 151 Å². The van der Waals surface area contributed by atoms with Gasteiger partial charge in [0.05, 0.1) is 5.75 Å². The molecule has 0 atom stereocenters. The maximum Gasteiger partial charge on any atom is 0.234 e. The Balaban J connectivity index is 1.83. The third-order valence-corrected chi connectivity index (χ3v) is 5.06. The van der Waals surface area contributed by atoms with Gasteiger partial charge in [-0.3, -0.25) is 4.79 Å². The normalized spacial score (nSPS) is 10.4. The maximum absolute atomic E-state index is 11.9. The van der Waals surface area contributed by atoms with Gasteiger partial charge >= 0.3 is 0 Å². The number of carbonyl (C=O) groups excluding carboxylic acids is 1. The SMILES string of the molecule is O=C(CSCc1c(Cl)cccc1Cl)Nc1ccc(I)cc1. The van der Waals surface area contributed by atoms with Gasteiger partial charge in [-0.15, -0.1) is 11.8 Å². The molecule has 2 aromatic rings. The lowest BCUT2D eigenvalue weighted by atomic mass is 10.2. The van der Waals surface area contributed by atoms with Crippen molar-refractivity contribution in [2.45, 2.75) is 5.75 Å². The lowest BCUT2D eigenvalue weighted by molar-refractivity contribution is -0.113. The van der Waals surface area contributed by atoms with E-state index in [2.05, 4.69) is 27.9 Å². The fourth-order valence-electron chi connectivity index (χ4n) is 1.65. The third kappa shape index (κ3) is 5.36. The van der Waals surface area contributed by atoms with Gasteiger partial charge in [0.15, 0.2) is 0 Å². The van der Waals surface area contributed by atoms with Crippen LogP contribution in [0, 0.1) is 3.57 Å². The summed E-state index contributed by atoms with van der Waals surface area (Å²) in [7, 11) is 0. The second kappa shape index (κ2) is 8.27. The molecule has 21 heavy (non-hydrogen) atoms. The van der Waals surface area contributed by atoms with Gasteiger partial charge in [0.2, 0.25) is 5.91 Å². The monoisotopic (exact) mass is 451 g/mol. The molecule has 0 aliphatic rings. The highest BCUT2D eigenvalue weighted by molar-refractivity contribution is 14.1. The summed E-state index contributed by atoms with van der Waals surface area (Å²) in [4.78, 5) is 11.9. The Kier molecular flexibility index (Phi) is 6.67. The molecular formula is C15H12Cl2INOS. The fourth-order valence-corrected chi connectivity index (χ4v) is 3.57. The van der Waals surface area contributed by atoms with Gasteiger partial charge in [-0.2, -0.15) is 0 Å². The van der Waals surface area contributed by atoms with Crippen molar-refractivity contribution in [2.24, 2.45) is 0 Å². The zero-order chi connectivity index (χ0) is 15.2. The Bertz CT molecular complexity index is 614. The average molecular weight is 452 g/mol. The second-order valence-electron chi connectivity index (χ2n) is 4.25. The van der Waals surface area contributed by atoms with E-state index < -0.39 is 0 Å². The number of halogens is 3. The first kappa shape index (κ1) is 16.9. The minimum absolute atomic E-state index is 0.0376. The number of anilines is 1. The van der Waals surface area contributed by atoms with E-state index in [1.807, 2.05) is 30.3 Å². The topological polar surface area (TPSA) is 29.1 Å². The number of rotatable bonds is 5. The molecule has 0 heterocycles. The Hall–Kier alpha value is -0.430. The summed E-state index contributed by atoms with van der Waals surface area (Å²) in [5, 5.41) is 4.12. The molecule has 6 heteroatoms. The molecular weight excluding hydrogens is 440 g/mol. The largest absolute Gasteiger partial charge is 0.325 e. The molecule has 0 saturated heterocycles. The molecule has 2 aromatic carbocycles. The molecule has 0 unspecified atom stereocenters. The highest BCUT2D eigenvalue weighted by Crippen LogP contribution is 2.28. The Morgan fingerprint density at radius 3 is 2.33 bits per heavy atom. The van der Waals surface area contributed by atoms with E-state index in [-0.39, 0.29) is 5.91 Å². The first-order valence-electron chi connectivity index (χ1n) is 6.12. The van der Waals surface area contributed by atoms with Gasteiger partial charge in [-0.25, -0.2) is 0 Å². The molecule has 0 aliphatic heterocycles. The number of hydrogen-bond donors (Lipinski definition) is 1. The van der Waals surface area contributed by atoms with E-state index in [0.29, 0.717) is 21.6 Å². The van der Waals surface area contributed by atoms with Crippen LogP contribution in [0.5, 0.6) is 0 Å². The number of hydrogen-bond acceptors (Lipinski definition) is 2. The van der Waals surface area contributed by atoms with Gasteiger partial charge in [0, 0.05) is 25.1 Å². The zero-order valence-corrected chi connectivity index (χ0v) is 15.4. The van der Waals surface area contributed by atoms with E-state index in [9.17, 15) is 4.79 Å². The number of benzene rings is 2. The van der Waals surface area contributed by atoms with E-state index in [1.54, 1.807) is 12.1 Å². The van der Waals surface area contributed by atoms with E-state index in [0.717, 1.165) is 14.8 Å². The molecule has 1 N–H and O–H groups in total. The van der Waals surface area contributed by atoms with E-state index in [1.165, 1.54) is 11.8 Å². The molecule has 0 bridgehead atoms. The molecule has 0 fully saturated rings. The number of amides is 1. The first-order chi connectivity index (χ1) is 10.1. The van der Waals surface area contributed by atoms with Crippen LogP contribution in [-0.2, 0) is 10.5 Å². The van der Waals surface area contributed by atoms with Crippen LogP contribution in [0.1, 0.15) is 5.56 Å². The van der Waals surface area contributed by atoms with Crippen LogP contribution in [0.2, 0.25) is 10.0 Å². The number of thioether (sulfide) groups is 1. The van der Waals surface area contributed by atoms with Crippen molar-refractivity contribution in [3.8, 4) is 0 Å². The van der Waals surface area contributed by atoms with Gasteiger partial charge in [0.1, 0.15) is 0 Å². The quantitative estimate of drug-likeness (QED) is 0.610. The highest BCUT2D eigenvalue weighted by atomic mass is 127. The minimum atomic E-state index is -0.0376. The van der Waals surface area contributed by atoms with Gasteiger partial charge < -0.3 is 5.32 Å². The lowest BCUT2D eigenvalue weighted by Gasteiger charge is -2.07. The molecule has 1 amide bonds. The van der Waals surface area contributed by atoms with Gasteiger partial charge in [-0.05, 0) is 64.6 Å². The standard InChI is InChI=1S/C15H12Cl2INOS/c16-13-2-1-3-14(17)12(13)8-21-9-15(20)19-11-6-4-10(18)5-7-11/h1-7H,8-9H2,(H,19,20). The van der Waals surface area contributed by atoms with Crippen LogP contribution in [-0.4, -0.2) is 11.7 Å². The lowest BCUT2D eigenvalue weighted by Crippen LogP contribution is -2.14. The molecule has 2 rings (SSSR count). The van der Waals surface area contributed by atoms with Crippen LogP contribution in [0.3, 0.4) is 0 Å². The van der Waals surface area contributed by atoms with Crippen molar-refractivity contribution < 1.29 is 4.79 Å². The molecule has 0 aliphatic carbocycles. The van der Waals surface area contributed by atoms with Crippen LogP contribution >= 0.6 is 57.6 Å². The molecule has 0 radical (unpaired) electrons. The van der Waals surface area contributed by atoms with E-state index >= 15 is 0 Å². The molecule has 0 spiro atoms. The van der Waals surface area contributed by atoms with Gasteiger partial charge in [-0.1, -0.05) is 29.3 Å². The van der Waals surface area contributed by atoms with Crippen molar-refractivity contribution in [3.63, 3.8) is 0 Å². The fraction of sp³-hybridized carbons (Fsp3) is 0.133. The molecule has 0 saturated carbocycles. The highest BCUT2D eigenvalue weighted by Gasteiger charge is 2.07. The predicted octanol–water partition coefficient (Wildman–Crippen LogP) is 5.47. The predicted molar refractivity (Wildman–Crippen MR) is 100 cm³/mol. The van der Waals surface area contributed by atoms with E-state index in [4.69, 9.17) is 23.2 Å². The summed E-state index contributed by atoms with van der Waals surface area (Å²) in [6.07, 6.45) is 0. The first-order valence-corrected chi connectivity index (χ1v) is 9.11. The maximum atomic E-state index is 11.9. The van der Waals surface area contributed by atoms with Crippen LogP contribution in [0.25, 0.3) is 0 Å². The molecule has 2 nitrogen and oxygen atoms in total. The molecule has 0 aromatic heterocycles. The summed E-state index contributed by atoms with van der Waals surface area (Å²) in [6.45, 7) is 0. The van der Waals surface area contributed by atoms with Crippen LogP contribution in [0.15, 0.2) is 42.5 Å². The smallest absolute Gasteiger partial charge is 0.234 e. The average Bonchev–Trinajstić information content (AvgIpc) is 2.45. The van der Waals surface area contributed by atoms with Crippen LogP contribution < -0.4 is 5.32 Å². The van der Waals surface area contributed by atoms with Crippen molar-refractivity contribution in [3.05, 3.63) is 61.6 Å². The number of nitrogens with one attached hydrogen (secondary N) is 1. The zero-order valence-electron chi connectivity index (χ0n) is 10.9. The third-order valence-electron chi connectivity index (χ3n) is 2.67. The van der Waals surface area contributed by atoms with Crippen molar-refractivity contribution >= 4 is 69.1 Å². The van der Waals surface area contributed by atoms with Crippen molar-refractivity contribution in [1.82, 2.24) is 0 Å². The molecule has 110 valence electrons. The van der Waals surface area contributed by atoms with Crippen LogP contribution in [0.4, 0.5) is 5.69 Å². The minimum Gasteiger partial charge on any atom is -0.325 e. The second-order valence-corrected chi connectivity index (χ2v) is 7.29. The van der Waals surface area contributed by atoms with Crippen molar-refractivity contribution in [2.75, 3.05) is 11.1 Å². The number of carbonyl (C=O) groups is 1. The summed E-state index contributed by atoms with van der Waals surface area (Å²) in [5.74, 6) is 0.927. The Morgan fingerprint density at radius 1 is 1.10 bits per heavy atom. The summed E-state index contributed by atoms with van der Waals surface area (Å²) in [6, 6.07) is 13.1. The summed E-state index contributed by atoms with van der Waals surface area (Å²) >= 11 is 15.9.